The molecule has 4 heteroatoms. The zero-order valence-corrected chi connectivity index (χ0v) is 15.2. The van der Waals surface area contributed by atoms with Crippen LogP contribution in [0.1, 0.15) is 58.8 Å². The zero-order valence-electron chi connectivity index (χ0n) is 15.2. The largest absolute Gasteiger partial charge is 0.393 e. The lowest BCUT2D eigenvalue weighted by Crippen LogP contribution is -2.58. The van der Waals surface area contributed by atoms with E-state index in [1.54, 1.807) is 7.11 Å². The molecule has 136 valence electrons. The molecule has 0 radical (unpaired) electrons. The Labute approximate surface area is 145 Å². The minimum absolute atomic E-state index is 0.202. The van der Waals surface area contributed by atoms with Crippen molar-refractivity contribution < 1.29 is 19.7 Å². The molecule has 4 rings (SSSR count). The van der Waals surface area contributed by atoms with Gasteiger partial charge in [-0.3, -0.25) is 4.79 Å². The fourth-order valence-electron chi connectivity index (χ4n) is 7.18. The Bertz CT molecular complexity index is 534. The average Bonchev–Trinajstić information content (AvgIpc) is 2.81. The number of ether oxygens (including phenoxy) is 1. The van der Waals surface area contributed by atoms with E-state index in [4.69, 9.17) is 4.74 Å². The maximum Gasteiger partial charge on any atom is 0.167 e. The van der Waals surface area contributed by atoms with Crippen molar-refractivity contribution in [2.75, 3.05) is 7.11 Å². The summed E-state index contributed by atoms with van der Waals surface area (Å²) in [5.41, 5.74) is -0.112. The van der Waals surface area contributed by atoms with E-state index in [0.717, 1.165) is 44.9 Å². The van der Waals surface area contributed by atoms with Gasteiger partial charge in [-0.15, -0.1) is 0 Å². The maximum absolute atomic E-state index is 12.8. The molecule has 0 spiro atoms. The molecule has 4 nitrogen and oxygen atoms in total. The first kappa shape index (κ1) is 17.0. The number of fused-ring (bicyclic) bond motifs is 5. The molecule has 0 heterocycles. The van der Waals surface area contributed by atoms with Crippen molar-refractivity contribution >= 4 is 5.78 Å². The monoisotopic (exact) mass is 336 g/mol. The summed E-state index contributed by atoms with van der Waals surface area (Å²) >= 11 is 0. The van der Waals surface area contributed by atoms with Crippen LogP contribution < -0.4 is 0 Å². The van der Waals surface area contributed by atoms with Gasteiger partial charge in [0.1, 0.15) is 6.10 Å². The van der Waals surface area contributed by atoms with Gasteiger partial charge in [-0.25, -0.2) is 0 Å². The predicted molar refractivity (Wildman–Crippen MR) is 90.3 cm³/mol. The molecule has 0 bridgehead atoms. The molecule has 4 aliphatic rings. The molecular weight excluding hydrogens is 304 g/mol. The Balaban J connectivity index is 1.68. The van der Waals surface area contributed by atoms with Crippen molar-refractivity contribution in [1.29, 1.82) is 0 Å². The highest BCUT2D eigenvalue weighted by Crippen LogP contribution is 2.65. The van der Waals surface area contributed by atoms with Gasteiger partial charge in [0.05, 0.1) is 12.2 Å². The standard InChI is InChI=1S/C20H32O4/c1-19-6-4-12(21)8-11(19)9-15(22)17-13(19)5-7-20(2)14(17)10-16(24-3)18(20)23/h11-17,21-22H,4-10H2,1-3H3/t11-,12-,13+,14+,15-,16-,17-,19+,20+/m1/s1. The van der Waals surface area contributed by atoms with E-state index >= 15 is 0 Å². The number of ketones is 1. The van der Waals surface area contributed by atoms with Crippen LogP contribution in [0.2, 0.25) is 0 Å². The highest BCUT2D eigenvalue weighted by Gasteiger charge is 2.64. The Hall–Kier alpha value is -0.450. The smallest absolute Gasteiger partial charge is 0.167 e. The molecule has 0 aromatic rings. The molecule has 4 saturated carbocycles. The average molecular weight is 336 g/mol. The van der Waals surface area contributed by atoms with Crippen LogP contribution in [0.3, 0.4) is 0 Å². The Morgan fingerprint density at radius 3 is 2.50 bits per heavy atom. The lowest BCUT2D eigenvalue weighted by molar-refractivity contribution is -0.171. The third-order valence-electron chi connectivity index (χ3n) is 8.65. The lowest BCUT2D eigenvalue weighted by atomic mass is 9.44. The van der Waals surface area contributed by atoms with E-state index in [9.17, 15) is 15.0 Å². The van der Waals surface area contributed by atoms with E-state index in [-0.39, 0.29) is 46.8 Å². The highest BCUT2D eigenvalue weighted by molar-refractivity contribution is 5.91. The molecular formula is C20H32O4. The van der Waals surface area contributed by atoms with Crippen molar-refractivity contribution in [3.05, 3.63) is 0 Å². The first-order valence-electron chi connectivity index (χ1n) is 9.74. The second-order valence-corrected chi connectivity index (χ2v) is 9.50. The van der Waals surface area contributed by atoms with Crippen LogP contribution in [0.15, 0.2) is 0 Å². The number of hydrogen-bond donors (Lipinski definition) is 2. The molecule has 24 heavy (non-hydrogen) atoms. The van der Waals surface area contributed by atoms with E-state index < -0.39 is 0 Å². The van der Waals surface area contributed by atoms with Gasteiger partial charge in [0.15, 0.2) is 5.78 Å². The van der Waals surface area contributed by atoms with Crippen LogP contribution >= 0.6 is 0 Å². The Morgan fingerprint density at radius 2 is 1.79 bits per heavy atom. The molecule has 4 fully saturated rings. The number of methoxy groups -OCH3 is 1. The van der Waals surface area contributed by atoms with E-state index in [0.29, 0.717) is 11.8 Å². The molecule has 9 atom stereocenters. The number of Topliss-reactive ketones (excluding diaryl/α,β-unsaturated/α-hetero) is 1. The Kier molecular flexibility index (Phi) is 3.91. The SMILES string of the molecule is CO[C@@H]1C[C@H]2[C@@H]3[C@H](O)C[C@H]4C[C@H](O)CC[C@]4(C)[C@H]3CC[C@]2(C)C1=O. The summed E-state index contributed by atoms with van der Waals surface area (Å²) in [4.78, 5) is 12.8. The second kappa shape index (κ2) is 5.52. The molecule has 0 aliphatic heterocycles. The molecule has 0 unspecified atom stereocenters. The molecule has 0 saturated heterocycles. The first-order valence-corrected chi connectivity index (χ1v) is 9.74. The van der Waals surface area contributed by atoms with E-state index in [2.05, 4.69) is 13.8 Å². The lowest BCUT2D eigenvalue weighted by Gasteiger charge is -2.61. The number of carbonyl (C=O) groups excluding carboxylic acids is 1. The van der Waals surface area contributed by atoms with Crippen LogP contribution in [-0.2, 0) is 9.53 Å². The van der Waals surface area contributed by atoms with Crippen LogP contribution in [0.4, 0.5) is 0 Å². The van der Waals surface area contributed by atoms with E-state index in [1.165, 1.54) is 0 Å². The molecule has 4 aliphatic carbocycles. The van der Waals surface area contributed by atoms with Crippen molar-refractivity contribution in [2.45, 2.75) is 77.1 Å². The van der Waals surface area contributed by atoms with Gasteiger partial charge < -0.3 is 14.9 Å². The van der Waals surface area contributed by atoms with Crippen LogP contribution in [0.25, 0.3) is 0 Å². The molecule has 2 N–H and O–H groups in total. The summed E-state index contributed by atoms with van der Waals surface area (Å²) in [6, 6.07) is 0. The summed E-state index contributed by atoms with van der Waals surface area (Å²) in [6.45, 7) is 4.50. The predicted octanol–water partition coefficient (Wildman–Crippen LogP) is 2.55. The van der Waals surface area contributed by atoms with Gasteiger partial charge in [-0.05, 0) is 74.0 Å². The van der Waals surface area contributed by atoms with Gasteiger partial charge in [0.25, 0.3) is 0 Å². The van der Waals surface area contributed by atoms with Crippen molar-refractivity contribution in [2.24, 2.45) is 34.5 Å². The first-order chi connectivity index (χ1) is 11.3. The van der Waals surface area contributed by atoms with Crippen LogP contribution in [0, 0.1) is 34.5 Å². The molecule has 0 aromatic heterocycles. The van der Waals surface area contributed by atoms with E-state index in [1.807, 2.05) is 0 Å². The summed E-state index contributed by atoms with van der Waals surface area (Å²) in [6.07, 6.45) is 5.45. The minimum atomic E-state index is -0.341. The number of carbonyl (C=O) groups is 1. The number of hydrogen-bond acceptors (Lipinski definition) is 4. The van der Waals surface area contributed by atoms with Gasteiger partial charge in [0, 0.05) is 12.5 Å². The van der Waals surface area contributed by atoms with Gasteiger partial charge >= 0.3 is 0 Å². The maximum atomic E-state index is 12.8. The number of aliphatic hydroxyl groups is 2. The van der Waals surface area contributed by atoms with Gasteiger partial charge in [0.2, 0.25) is 0 Å². The fourth-order valence-corrected chi connectivity index (χ4v) is 7.18. The topological polar surface area (TPSA) is 66.8 Å². The zero-order chi connectivity index (χ0) is 17.3. The molecule has 0 aromatic carbocycles. The summed E-state index contributed by atoms with van der Waals surface area (Å²) in [5, 5.41) is 21.1. The summed E-state index contributed by atoms with van der Waals surface area (Å²) in [5.74, 6) is 1.60. The second-order valence-electron chi connectivity index (χ2n) is 9.50. The minimum Gasteiger partial charge on any atom is -0.393 e. The van der Waals surface area contributed by atoms with Crippen molar-refractivity contribution in [3.8, 4) is 0 Å². The van der Waals surface area contributed by atoms with Gasteiger partial charge in [-0.2, -0.15) is 0 Å². The third-order valence-corrected chi connectivity index (χ3v) is 8.65. The number of rotatable bonds is 1. The third kappa shape index (κ3) is 2.12. The summed E-state index contributed by atoms with van der Waals surface area (Å²) < 4.78 is 5.48. The molecule has 0 amide bonds. The van der Waals surface area contributed by atoms with Gasteiger partial charge in [-0.1, -0.05) is 13.8 Å². The quantitative estimate of drug-likeness (QED) is 0.772. The van der Waals surface area contributed by atoms with Crippen LogP contribution in [0.5, 0.6) is 0 Å². The normalized spacial score (nSPS) is 57.2. The number of aliphatic hydroxyl groups excluding tert-OH is 2. The highest BCUT2D eigenvalue weighted by atomic mass is 16.5. The summed E-state index contributed by atoms with van der Waals surface area (Å²) in [7, 11) is 1.64. The van der Waals surface area contributed by atoms with Crippen molar-refractivity contribution in [1.82, 2.24) is 0 Å². The van der Waals surface area contributed by atoms with Crippen LogP contribution in [-0.4, -0.2) is 41.4 Å². The Morgan fingerprint density at radius 1 is 1.04 bits per heavy atom. The van der Waals surface area contributed by atoms with Crippen molar-refractivity contribution in [3.63, 3.8) is 0 Å². The fraction of sp³-hybridized carbons (Fsp3) is 0.950.